The fourth-order valence-electron chi connectivity index (χ4n) is 4.44. The number of nitrogens with one attached hydrogen (secondary N) is 1. The Morgan fingerprint density at radius 1 is 1.17 bits per heavy atom. The summed E-state index contributed by atoms with van der Waals surface area (Å²) in [5.74, 6) is 0.0514. The van der Waals surface area contributed by atoms with Gasteiger partial charge in [0.25, 0.3) is 0 Å². The topological polar surface area (TPSA) is 69.6 Å². The van der Waals surface area contributed by atoms with Gasteiger partial charge in [-0.1, -0.05) is 6.07 Å². The second-order valence-corrected chi connectivity index (χ2v) is 9.24. The van der Waals surface area contributed by atoms with E-state index in [9.17, 15) is 18.0 Å². The first-order valence-corrected chi connectivity index (χ1v) is 10.9. The van der Waals surface area contributed by atoms with Gasteiger partial charge in [0.1, 0.15) is 0 Å². The standard InChI is InChI=1S/C18H26N2OS.C2HF3O2/c21-18(19-8-7-16-2-1-9-22-16)17-14-5-6-15(17)12-20(11-14)10-13-3-4-13;3-2(4,5)1(6)7/h1-2,9,13-15,17H,3-8,10-12H2,(H,19,21);(H,6,7). The summed E-state index contributed by atoms with van der Waals surface area (Å²) in [5.41, 5.74) is 0. The van der Waals surface area contributed by atoms with Gasteiger partial charge in [0, 0.05) is 37.0 Å². The van der Waals surface area contributed by atoms with Crippen molar-refractivity contribution in [3.8, 4) is 0 Å². The average Bonchev–Trinajstić information content (AvgIpc) is 3.21. The fourth-order valence-corrected chi connectivity index (χ4v) is 5.15. The summed E-state index contributed by atoms with van der Waals surface area (Å²) in [4.78, 5) is 25.5. The van der Waals surface area contributed by atoms with Crippen LogP contribution in [0.5, 0.6) is 0 Å². The zero-order valence-corrected chi connectivity index (χ0v) is 17.0. The summed E-state index contributed by atoms with van der Waals surface area (Å²) < 4.78 is 31.7. The number of thiophene rings is 1. The molecule has 0 aromatic carbocycles. The molecule has 2 unspecified atom stereocenters. The molecule has 1 aromatic rings. The molecular weight excluding hydrogens is 405 g/mol. The number of alkyl halides is 3. The van der Waals surface area contributed by atoms with Crippen molar-refractivity contribution in [2.75, 3.05) is 26.2 Å². The molecule has 0 radical (unpaired) electrons. The Morgan fingerprint density at radius 2 is 1.79 bits per heavy atom. The normalized spacial score (nSPS) is 26.5. The number of likely N-dealkylation sites (tertiary alicyclic amines) is 1. The molecule has 3 fully saturated rings. The van der Waals surface area contributed by atoms with Crippen LogP contribution in [-0.2, 0) is 16.0 Å². The SMILES string of the molecule is O=C(NCCc1cccs1)C1C2CCC1CN(CC1CC1)C2.O=C(O)C(F)(F)F. The maximum atomic E-state index is 12.6. The lowest BCUT2D eigenvalue weighted by molar-refractivity contribution is -0.192. The number of fused-ring (bicyclic) bond motifs is 2. The number of piperidine rings is 1. The van der Waals surface area contributed by atoms with Crippen LogP contribution >= 0.6 is 11.3 Å². The van der Waals surface area contributed by atoms with Crippen molar-refractivity contribution in [3.63, 3.8) is 0 Å². The Labute approximate surface area is 172 Å². The molecule has 1 saturated heterocycles. The monoisotopic (exact) mass is 432 g/mol. The molecule has 5 nitrogen and oxygen atoms in total. The molecule has 1 aromatic heterocycles. The number of hydrogen-bond donors (Lipinski definition) is 2. The minimum absolute atomic E-state index is 0.291. The summed E-state index contributed by atoms with van der Waals surface area (Å²) >= 11 is 1.78. The van der Waals surface area contributed by atoms with Crippen LogP contribution in [0.15, 0.2) is 17.5 Å². The lowest BCUT2D eigenvalue weighted by atomic mass is 9.84. The zero-order chi connectivity index (χ0) is 21.0. The first-order valence-electron chi connectivity index (χ1n) is 10.1. The molecular formula is C20H27F3N2O3S. The Hall–Kier alpha value is -1.61. The van der Waals surface area contributed by atoms with E-state index in [1.807, 2.05) is 0 Å². The van der Waals surface area contributed by atoms with E-state index in [4.69, 9.17) is 9.90 Å². The maximum Gasteiger partial charge on any atom is 0.490 e. The zero-order valence-electron chi connectivity index (χ0n) is 16.2. The number of hydrogen-bond acceptors (Lipinski definition) is 4. The summed E-state index contributed by atoms with van der Waals surface area (Å²) in [6.45, 7) is 4.41. The van der Waals surface area contributed by atoms with E-state index < -0.39 is 12.1 Å². The van der Waals surface area contributed by atoms with Crippen molar-refractivity contribution in [2.45, 2.75) is 38.3 Å². The molecule has 0 spiro atoms. The molecule has 9 heteroatoms. The van der Waals surface area contributed by atoms with Crippen LogP contribution in [0, 0.1) is 23.7 Å². The number of nitrogens with zero attached hydrogens (tertiary/aromatic N) is 1. The van der Waals surface area contributed by atoms with Crippen molar-refractivity contribution in [3.05, 3.63) is 22.4 Å². The second kappa shape index (κ2) is 9.47. The van der Waals surface area contributed by atoms with Gasteiger partial charge in [-0.05, 0) is 61.3 Å². The highest BCUT2D eigenvalue weighted by Gasteiger charge is 2.46. The molecule has 29 heavy (non-hydrogen) atoms. The minimum Gasteiger partial charge on any atom is -0.475 e. The minimum atomic E-state index is -5.08. The third-order valence-electron chi connectivity index (χ3n) is 5.92. The number of amides is 1. The van der Waals surface area contributed by atoms with Gasteiger partial charge in [-0.2, -0.15) is 13.2 Å². The van der Waals surface area contributed by atoms with Crippen molar-refractivity contribution in [1.82, 2.24) is 10.2 Å². The summed E-state index contributed by atoms with van der Waals surface area (Å²) in [7, 11) is 0. The first-order chi connectivity index (χ1) is 13.7. The van der Waals surface area contributed by atoms with Crippen LogP contribution in [0.25, 0.3) is 0 Å². The van der Waals surface area contributed by atoms with Gasteiger partial charge in [0.05, 0.1) is 0 Å². The van der Waals surface area contributed by atoms with Crippen molar-refractivity contribution in [2.24, 2.45) is 23.7 Å². The molecule has 2 bridgehead atoms. The van der Waals surface area contributed by atoms with Gasteiger partial charge in [-0.3, -0.25) is 4.79 Å². The number of halogens is 3. The molecule has 3 aliphatic rings. The predicted octanol–water partition coefficient (Wildman–Crippen LogP) is 3.41. The number of carboxylic acids is 1. The van der Waals surface area contributed by atoms with E-state index >= 15 is 0 Å². The van der Waals surface area contributed by atoms with E-state index in [-0.39, 0.29) is 0 Å². The van der Waals surface area contributed by atoms with Crippen LogP contribution in [0.3, 0.4) is 0 Å². The van der Waals surface area contributed by atoms with Gasteiger partial charge in [0.15, 0.2) is 0 Å². The second-order valence-electron chi connectivity index (χ2n) is 8.21. The lowest BCUT2D eigenvalue weighted by Crippen LogP contribution is -2.48. The molecule has 1 amide bonds. The fraction of sp³-hybridized carbons (Fsp3) is 0.700. The average molecular weight is 433 g/mol. The van der Waals surface area contributed by atoms with Gasteiger partial charge in [-0.25, -0.2) is 4.79 Å². The Bertz CT molecular complexity index is 678. The van der Waals surface area contributed by atoms with Gasteiger partial charge < -0.3 is 15.3 Å². The molecule has 1 aliphatic heterocycles. The van der Waals surface area contributed by atoms with E-state index in [1.54, 1.807) is 11.3 Å². The molecule has 2 N–H and O–H groups in total. The number of carbonyl (C=O) groups is 2. The Balaban J connectivity index is 0.000000298. The Kier molecular flexibility index (Phi) is 7.21. The maximum absolute atomic E-state index is 12.6. The van der Waals surface area contributed by atoms with E-state index in [0.717, 1.165) is 32.0 Å². The van der Waals surface area contributed by atoms with Crippen molar-refractivity contribution >= 4 is 23.2 Å². The van der Waals surface area contributed by atoms with Crippen LogP contribution in [0.4, 0.5) is 13.2 Å². The highest BCUT2D eigenvalue weighted by atomic mass is 32.1. The third kappa shape index (κ3) is 6.44. The van der Waals surface area contributed by atoms with Gasteiger partial charge >= 0.3 is 12.1 Å². The number of carbonyl (C=O) groups excluding carboxylic acids is 1. The number of aliphatic carboxylic acids is 1. The van der Waals surface area contributed by atoms with Crippen LogP contribution in [0.2, 0.25) is 0 Å². The van der Waals surface area contributed by atoms with Crippen LogP contribution in [0.1, 0.15) is 30.6 Å². The van der Waals surface area contributed by atoms with Crippen LogP contribution in [-0.4, -0.2) is 54.2 Å². The molecule has 2 aliphatic carbocycles. The smallest absolute Gasteiger partial charge is 0.475 e. The predicted molar refractivity (Wildman–Crippen MR) is 104 cm³/mol. The van der Waals surface area contributed by atoms with Crippen molar-refractivity contribution in [1.29, 1.82) is 0 Å². The number of rotatable bonds is 6. The van der Waals surface area contributed by atoms with Gasteiger partial charge in [0.2, 0.25) is 5.91 Å². The van der Waals surface area contributed by atoms with Crippen LogP contribution < -0.4 is 5.32 Å². The Morgan fingerprint density at radius 3 is 2.28 bits per heavy atom. The molecule has 162 valence electrons. The van der Waals surface area contributed by atoms with E-state index in [1.165, 1.54) is 37.1 Å². The summed E-state index contributed by atoms with van der Waals surface area (Å²) in [6, 6.07) is 4.23. The highest BCUT2D eigenvalue weighted by molar-refractivity contribution is 7.09. The van der Waals surface area contributed by atoms with Crippen molar-refractivity contribution < 1.29 is 27.9 Å². The van der Waals surface area contributed by atoms with E-state index in [2.05, 4.69) is 27.7 Å². The lowest BCUT2D eigenvalue weighted by Gasteiger charge is -2.37. The molecule has 2 atom stereocenters. The van der Waals surface area contributed by atoms with Gasteiger partial charge in [-0.15, -0.1) is 11.3 Å². The van der Waals surface area contributed by atoms with E-state index in [0.29, 0.717) is 23.7 Å². The number of carboxylic acid groups (broad SMARTS) is 1. The first kappa shape index (κ1) is 22.1. The summed E-state index contributed by atoms with van der Waals surface area (Å²) in [5, 5.41) is 12.4. The molecule has 2 heterocycles. The highest BCUT2D eigenvalue weighted by Crippen LogP contribution is 2.43. The quantitative estimate of drug-likeness (QED) is 0.723. The largest absolute Gasteiger partial charge is 0.490 e. The molecule has 4 rings (SSSR count). The summed E-state index contributed by atoms with van der Waals surface area (Å²) in [6.07, 6.45) is 1.26. The third-order valence-corrected chi connectivity index (χ3v) is 6.85. The molecule has 2 saturated carbocycles.